The molecule has 1 amide bonds. The second kappa shape index (κ2) is 10.3. The van der Waals surface area contributed by atoms with Crippen molar-refractivity contribution in [2.45, 2.75) is 37.2 Å². The van der Waals surface area contributed by atoms with Gasteiger partial charge in [-0.05, 0) is 18.4 Å². The first kappa shape index (κ1) is 22.9. The lowest BCUT2D eigenvalue weighted by Gasteiger charge is -2.16. The maximum absolute atomic E-state index is 12.1. The predicted molar refractivity (Wildman–Crippen MR) is 90.9 cm³/mol. The van der Waals surface area contributed by atoms with Crippen molar-refractivity contribution in [3.63, 3.8) is 0 Å². The lowest BCUT2D eigenvalue weighted by molar-refractivity contribution is -0.145. The van der Waals surface area contributed by atoms with Gasteiger partial charge in [-0.25, -0.2) is 17.9 Å². The van der Waals surface area contributed by atoms with Gasteiger partial charge in [-0.3, -0.25) is 4.79 Å². The van der Waals surface area contributed by atoms with Crippen molar-refractivity contribution in [1.29, 1.82) is 0 Å². The molecule has 0 aliphatic rings. The van der Waals surface area contributed by atoms with E-state index in [1.54, 1.807) is 24.3 Å². The molecule has 11 heteroatoms. The second-order valence-electron chi connectivity index (χ2n) is 5.63. The average Bonchev–Trinajstić information content (AvgIpc) is 2.60. The van der Waals surface area contributed by atoms with Crippen LogP contribution in [0.3, 0.4) is 0 Å². The van der Waals surface area contributed by atoms with Gasteiger partial charge >= 0.3 is 21.5 Å². The van der Waals surface area contributed by atoms with Crippen LogP contribution in [0, 0.1) is 0 Å². The van der Waals surface area contributed by atoms with Gasteiger partial charge in [0.25, 0.3) is 0 Å². The van der Waals surface area contributed by atoms with Gasteiger partial charge in [-0.2, -0.15) is 13.2 Å². The summed E-state index contributed by atoms with van der Waals surface area (Å²) in [7, 11) is -4.18. The Morgan fingerprint density at radius 1 is 1.15 bits per heavy atom. The lowest BCUT2D eigenvalue weighted by atomic mass is 10.1. The third kappa shape index (κ3) is 7.95. The van der Waals surface area contributed by atoms with E-state index in [0.29, 0.717) is 0 Å². The number of alkyl halides is 3. The fourth-order valence-electron chi connectivity index (χ4n) is 2.15. The van der Waals surface area contributed by atoms with Crippen LogP contribution in [0.4, 0.5) is 13.2 Å². The van der Waals surface area contributed by atoms with Crippen molar-refractivity contribution in [3.8, 4) is 0 Å². The van der Waals surface area contributed by atoms with Crippen molar-refractivity contribution >= 4 is 21.9 Å². The molecule has 0 bridgehead atoms. The van der Waals surface area contributed by atoms with Gasteiger partial charge in [0.05, 0.1) is 7.11 Å². The first-order valence-corrected chi connectivity index (χ1v) is 9.52. The van der Waals surface area contributed by atoms with Gasteiger partial charge in [0.1, 0.15) is 6.04 Å². The number of carbonyl (C=O) groups excluding carboxylic acids is 2. The predicted octanol–water partition coefficient (Wildman–Crippen LogP) is 1.50. The number of hydrogen-bond acceptors (Lipinski definition) is 5. The van der Waals surface area contributed by atoms with E-state index in [1.165, 1.54) is 11.8 Å². The van der Waals surface area contributed by atoms with Crippen molar-refractivity contribution in [2.75, 3.05) is 13.7 Å². The van der Waals surface area contributed by atoms with Crippen molar-refractivity contribution in [3.05, 3.63) is 35.9 Å². The zero-order chi connectivity index (χ0) is 20.5. The number of hydrogen-bond donors (Lipinski definition) is 2. The minimum Gasteiger partial charge on any atom is -0.467 e. The fraction of sp³-hybridized carbons (Fsp3) is 0.500. The highest BCUT2D eigenvalue weighted by atomic mass is 32.2. The Balaban J connectivity index is 2.43. The number of amides is 1. The number of rotatable bonds is 10. The number of unbranched alkanes of at least 4 members (excludes halogenated alkanes) is 1. The summed E-state index contributed by atoms with van der Waals surface area (Å²) in [6, 6.07) is 8.06. The molecule has 1 atom stereocenters. The van der Waals surface area contributed by atoms with Crippen molar-refractivity contribution in [1.82, 2.24) is 10.0 Å². The van der Waals surface area contributed by atoms with Gasteiger partial charge in [0.2, 0.25) is 5.91 Å². The zero-order valence-corrected chi connectivity index (χ0v) is 15.4. The number of methoxy groups -OCH3 is 1. The molecule has 152 valence electrons. The summed E-state index contributed by atoms with van der Waals surface area (Å²) < 4.78 is 64.1. The number of halogens is 3. The van der Waals surface area contributed by atoms with Gasteiger partial charge in [0.15, 0.2) is 0 Å². The summed E-state index contributed by atoms with van der Waals surface area (Å²) in [6.07, 6.45) is 0.330. The van der Waals surface area contributed by atoms with E-state index < -0.39 is 40.0 Å². The molecule has 1 aromatic rings. The van der Waals surface area contributed by atoms with Gasteiger partial charge in [0, 0.05) is 19.4 Å². The topological polar surface area (TPSA) is 102 Å². The van der Waals surface area contributed by atoms with E-state index >= 15 is 0 Å². The van der Waals surface area contributed by atoms with E-state index in [2.05, 4.69) is 10.1 Å². The Bertz CT molecular complexity index is 723. The Morgan fingerprint density at radius 3 is 2.33 bits per heavy atom. The molecule has 0 aromatic heterocycles. The maximum atomic E-state index is 12.1. The van der Waals surface area contributed by atoms with Crippen LogP contribution < -0.4 is 10.0 Å². The number of carbonyl (C=O) groups is 2. The zero-order valence-electron chi connectivity index (χ0n) is 14.6. The van der Waals surface area contributed by atoms with E-state index in [9.17, 15) is 31.2 Å². The first-order chi connectivity index (χ1) is 12.6. The van der Waals surface area contributed by atoms with E-state index in [-0.39, 0.29) is 25.7 Å². The summed E-state index contributed by atoms with van der Waals surface area (Å²) >= 11 is 0. The molecule has 0 aliphatic carbocycles. The SMILES string of the molecule is COC(=O)[C@H](Cc1ccccc1)NC(=O)CCCCNS(=O)(=O)C(F)(F)F. The monoisotopic (exact) mass is 410 g/mol. The molecule has 0 unspecified atom stereocenters. The minimum absolute atomic E-state index is 0.0320. The maximum Gasteiger partial charge on any atom is 0.511 e. The highest BCUT2D eigenvalue weighted by Gasteiger charge is 2.45. The third-order valence-electron chi connectivity index (χ3n) is 3.53. The van der Waals surface area contributed by atoms with Crippen LogP contribution in [0.15, 0.2) is 30.3 Å². The quantitative estimate of drug-likeness (QED) is 0.450. The summed E-state index contributed by atoms with van der Waals surface area (Å²) in [6.45, 7) is -0.445. The van der Waals surface area contributed by atoms with Crippen LogP contribution in [-0.2, 0) is 30.8 Å². The molecule has 0 heterocycles. The highest BCUT2D eigenvalue weighted by Crippen LogP contribution is 2.21. The minimum atomic E-state index is -5.38. The lowest BCUT2D eigenvalue weighted by Crippen LogP contribution is -2.43. The number of ether oxygens (including phenoxy) is 1. The Labute approximate surface area is 155 Å². The van der Waals surface area contributed by atoms with Crippen LogP contribution in [0.25, 0.3) is 0 Å². The van der Waals surface area contributed by atoms with Crippen LogP contribution >= 0.6 is 0 Å². The molecular formula is C16H21F3N2O5S. The van der Waals surface area contributed by atoms with Crippen LogP contribution in [0.5, 0.6) is 0 Å². The van der Waals surface area contributed by atoms with Crippen molar-refractivity contribution in [2.24, 2.45) is 0 Å². The molecule has 2 N–H and O–H groups in total. The number of nitrogens with one attached hydrogen (secondary N) is 2. The third-order valence-corrected chi connectivity index (χ3v) is 4.72. The summed E-state index contributed by atoms with van der Waals surface area (Å²) in [5, 5.41) is 2.52. The molecule has 0 radical (unpaired) electrons. The molecular weight excluding hydrogens is 389 g/mol. The van der Waals surface area contributed by atoms with Crippen LogP contribution in [0.1, 0.15) is 24.8 Å². The fourth-order valence-corrected chi connectivity index (χ4v) is 2.73. The standard InChI is InChI=1S/C16H21F3N2O5S/c1-26-15(23)13(11-12-7-3-2-4-8-12)21-14(22)9-5-6-10-20-27(24,25)16(17,18)19/h2-4,7-8,13,20H,5-6,9-11H2,1H3,(H,21,22)/t13-/m0/s1. The summed E-state index contributed by atoms with van der Waals surface area (Å²) in [4.78, 5) is 23.8. The Hall–Kier alpha value is -2.14. The molecule has 1 aromatic carbocycles. The Kier molecular flexibility index (Phi) is 8.70. The van der Waals surface area contributed by atoms with Gasteiger partial charge in [-0.15, -0.1) is 0 Å². The largest absolute Gasteiger partial charge is 0.511 e. The molecule has 0 saturated heterocycles. The summed E-state index contributed by atoms with van der Waals surface area (Å²) in [5.41, 5.74) is -4.55. The van der Waals surface area contributed by atoms with Crippen LogP contribution in [0.2, 0.25) is 0 Å². The van der Waals surface area contributed by atoms with Crippen LogP contribution in [-0.4, -0.2) is 45.5 Å². The second-order valence-corrected chi connectivity index (χ2v) is 7.39. The average molecular weight is 410 g/mol. The molecule has 0 aliphatic heterocycles. The number of esters is 1. The first-order valence-electron chi connectivity index (χ1n) is 8.04. The normalized spacial score (nSPS) is 13.0. The number of sulfonamides is 1. The highest BCUT2D eigenvalue weighted by molar-refractivity contribution is 7.90. The van der Waals surface area contributed by atoms with E-state index in [0.717, 1.165) is 5.56 Å². The van der Waals surface area contributed by atoms with E-state index in [1.807, 2.05) is 6.07 Å². The molecule has 0 fully saturated rings. The van der Waals surface area contributed by atoms with Crippen molar-refractivity contribution < 1.29 is 35.9 Å². The summed E-state index contributed by atoms with van der Waals surface area (Å²) in [5.74, 6) is -1.11. The molecule has 27 heavy (non-hydrogen) atoms. The van der Waals surface area contributed by atoms with Gasteiger partial charge in [-0.1, -0.05) is 30.3 Å². The molecule has 0 saturated carbocycles. The number of benzene rings is 1. The molecule has 1 rings (SSSR count). The van der Waals surface area contributed by atoms with E-state index in [4.69, 9.17) is 0 Å². The van der Waals surface area contributed by atoms with Gasteiger partial charge < -0.3 is 10.1 Å². The Morgan fingerprint density at radius 2 is 1.78 bits per heavy atom. The smallest absolute Gasteiger partial charge is 0.467 e. The molecule has 0 spiro atoms. The molecule has 7 nitrogen and oxygen atoms in total.